The molecular formula is C19H14S. The molecule has 1 heteroatoms. The summed E-state index contributed by atoms with van der Waals surface area (Å²) in [5.74, 6) is 0. The molecule has 0 nitrogen and oxygen atoms in total. The molecule has 4 aromatic rings. The maximum Gasteiger partial charge on any atom is 0.0630 e. The zero-order valence-electron chi connectivity index (χ0n) is 13.1. The Bertz CT molecular complexity index is 1000. The Morgan fingerprint density at radius 3 is 2.50 bits per heavy atom. The molecule has 96 valence electrons. The van der Waals surface area contributed by atoms with E-state index in [4.69, 9.17) is 2.74 Å². The van der Waals surface area contributed by atoms with Gasteiger partial charge < -0.3 is 0 Å². The van der Waals surface area contributed by atoms with E-state index in [0.29, 0.717) is 12.1 Å². The fourth-order valence-corrected chi connectivity index (χ4v) is 3.83. The van der Waals surface area contributed by atoms with Gasteiger partial charge in [0, 0.05) is 20.2 Å². The first-order valence-corrected chi connectivity index (χ1v) is 7.46. The molecule has 3 aromatic carbocycles. The quantitative estimate of drug-likeness (QED) is 0.398. The molecule has 0 unspecified atom stereocenters. The Morgan fingerprint density at radius 1 is 0.850 bits per heavy atom. The van der Waals surface area contributed by atoms with Crippen molar-refractivity contribution in [3.8, 4) is 11.1 Å². The molecule has 0 saturated heterocycles. The van der Waals surface area contributed by atoms with Crippen LogP contribution in [0.5, 0.6) is 0 Å². The molecule has 0 amide bonds. The van der Waals surface area contributed by atoms with Gasteiger partial charge >= 0.3 is 0 Å². The standard InChI is InChI=1S/C19H14S/c1-13-15(14-7-3-2-4-8-14)11-12-17-16-9-5-6-10-18(16)20-19(13)17/h2-12H,1H3/i9D,12D. The summed E-state index contributed by atoms with van der Waals surface area (Å²) < 4.78 is 18.9. The third-order valence-corrected chi connectivity index (χ3v) is 4.97. The summed E-state index contributed by atoms with van der Waals surface area (Å²) in [6, 6.07) is 18.9. The topological polar surface area (TPSA) is 0 Å². The third kappa shape index (κ3) is 1.67. The van der Waals surface area contributed by atoms with Gasteiger partial charge in [0.1, 0.15) is 0 Å². The molecule has 0 aliphatic rings. The first-order valence-electron chi connectivity index (χ1n) is 7.64. The number of thiophene rings is 1. The molecule has 20 heavy (non-hydrogen) atoms. The Hall–Kier alpha value is -2.12. The van der Waals surface area contributed by atoms with Crippen LogP contribution in [-0.4, -0.2) is 0 Å². The van der Waals surface area contributed by atoms with Crippen molar-refractivity contribution in [2.45, 2.75) is 6.92 Å². The summed E-state index contributed by atoms with van der Waals surface area (Å²) in [5, 5.41) is 1.83. The van der Waals surface area contributed by atoms with E-state index in [2.05, 4.69) is 19.1 Å². The largest absolute Gasteiger partial charge is 0.135 e. The van der Waals surface area contributed by atoms with Crippen molar-refractivity contribution >= 4 is 31.5 Å². The first-order chi connectivity index (χ1) is 10.7. The van der Waals surface area contributed by atoms with Gasteiger partial charge in [0.2, 0.25) is 0 Å². The monoisotopic (exact) mass is 276 g/mol. The van der Waals surface area contributed by atoms with Crippen LogP contribution in [0.3, 0.4) is 0 Å². The Labute approximate surface area is 125 Å². The summed E-state index contributed by atoms with van der Waals surface area (Å²) in [5.41, 5.74) is 3.44. The number of aryl methyl sites for hydroxylation is 1. The van der Waals surface area contributed by atoms with E-state index in [9.17, 15) is 0 Å². The van der Waals surface area contributed by atoms with Crippen LogP contribution in [0.4, 0.5) is 0 Å². The van der Waals surface area contributed by atoms with Crippen molar-refractivity contribution in [3.63, 3.8) is 0 Å². The predicted molar refractivity (Wildman–Crippen MR) is 89.5 cm³/mol. The van der Waals surface area contributed by atoms with Crippen LogP contribution < -0.4 is 0 Å². The maximum absolute atomic E-state index is 8.47. The van der Waals surface area contributed by atoms with E-state index in [1.54, 1.807) is 17.4 Å². The van der Waals surface area contributed by atoms with Crippen LogP contribution in [0.25, 0.3) is 31.3 Å². The Kier molecular flexibility index (Phi) is 2.17. The minimum atomic E-state index is 0.504. The summed E-state index contributed by atoms with van der Waals surface area (Å²) in [6.07, 6.45) is 0. The molecule has 0 spiro atoms. The van der Waals surface area contributed by atoms with E-state index >= 15 is 0 Å². The van der Waals surface area contributed by atoms with Gasteiger partial charge in [0.25, 0.3) is 0 Å². The molecule has 0 radical (unpaired) electrons. The molecule has 4 rings (SSSR count). The van der Waals surface area contributed by atoms with Crippen LogP contribution in [0.15, 0.2) is 66.7 Å². The predicted octanol–water partition coefficient (Wildman–Crippen LogP) is 6.03. The van der Waals surface area contributed by atoms with Gasteiger partial charge in [-0.2, -0.15) is 0 Å². The summed E-state index contributed by atoms with van der Waals surface area (Å²) >= 11 is 1.69. The molecule has 0 fully saturated rings. The summed E-state index contributed by atoms with van der Waals surface area (Å²) in [7, 11) is 0. The maximum atomic E-state index is 8.47. The zero-order chi connectivity index (χ0) is 15.3. The fourth-order valence-electron chi connectivity index (χ4n) is 2.67. The van der Waals surface area contributed by atoms with Crippen molar-refractivity contribution in [2.75, 3.05) is 0 Å². The van der Waals surface area contributed by atoms with Crippen LogP contribution in [0, 0.1) is 6.92 Å². The minimum absolute atomic E-state index is 0.504. The van der Waals surface area contributed by atoms with Gasteiger partial charge in [-0.05, 0) is 29.7 Å². The number of hydrogen-bond acceptors (Lipinski definition) is 1. The highest BCUT2D eigenvalue weighted by Gasteiger charge is 2.10. The molecule has 0 aliphatic heterocycles. The van der Waals surface area contributed by atoms with E-state index in [1.165, 1.54) is 5.56 Å². The lowest BCUT2D eigenvalue weighted by molar-refractivity contribution is 1.53. The normalized spacial score (nSPS) is 12.7. The molecule has 1 heterocycles. The highest BCUT2D eigenvalue weighted by molar-refractivity contribution is 7.26. The highest BCUT2D eigenvalue weighted by Crippen LogP contribution is 2.39. The van der Waals surface area contributed by atoms with Crippen molar-refractivity contribution in [2.24, 2.45) is 0 Å². The Balaban J connectivity index is 2.15. The van der Waals surface area contributed by atoms with Crippen molar-refractivity contribution < 1.29 is 2.74 Å². The number of fused-ring (bicyclic) bond motifs is 3. The summed E-state index contributed by atoms with van der Waals surface area (Å²) in [6.45, 7) is 2.11. The van der Waals surface area contributed by atoms with E-state index in [-0.39, 0.29) is 0 Å². The average Bonchev–Trinajstić information content (AvgIpc) is 2.93. The zero-order valence-corrected chi connectivity index (χ0v) is 11.9. The van der Waals surface area contributed by atoms with Gasteiger partial charge in [-0.15, -0.1) is 11.3 Å². The van der Waals surface area contributed by atoms with Crippen LogP contribution >= 0.6 is 11.3 Å². The average molecular weight is 276 g/mol. The lowest BCUT2D eigenvalue weighted by Gasteiger charge is -2.07. The van der Waals surface area contributed by atoms with Gasteiger partial charge in [0.15, 0.2) is 0 Å². The van der Waals surface area contributed by atoms with Gasteiger partial charge in [-0.3, -0.25) is 0 Å². The van der Waals surface area contributed by atoms with E-state index < -0.39 is 0 Å². The molecule has 0 bridgehead atoms. The molecule has 1 aromatic heterocycles. The molecule has 0 N–H and O–H groups in total. The third-order valence-electron chi connectivity index (χ3n) is 3.70. The lowest BCUT2D eigenvalue weighted by atomic mass is 9.98. The van der Waals surface area contributed by atoms with Crippen molar-refractivity contribution in [3.05, 3.63) is 72.2 Å². The van der Waals surface area contributed by atoms with E-state index in [1.807, 2.05) is 36.4 Å². The molecular weight excluding hydrogens is 260 g/mol. The molecule has 0 aliphatic carbocycles. The Morgan fingerprint density at radius 2 is 1.65 bits per heavy atom. The second-order valence-corrected chi connectivity index (χ2v) is 5.96. The lowest BCUT2D eigenvalue weighted by Crippen LogP contribution is -1.82. The smallest absolute Gasteiger partial charge is 0.0630 e. The number of hydrogen-bond donors (Lipinski definition) is 0. The van der Waals surface area contributed by atoms with Crippen molar-refractivity contribution in [1.82, 2.24) is 0 Å². The first kappa shape index (κ1) is 9.73. The highest BCUT2D eigenvalue weighted by atomic mass is 32.1. The van der Waals surface area contributed by atoms with Gasteiger partial charge in [0.05, 0.1) is 2.74 Å². The van der Waals surface area contributed by atoms with Gasteiger partial charge in [-0.1, -0.05) is 60.6 Å². The number of rotatable bonds is 1. The van der Waals surface area contributed by atoms with Crippen LogP contribution in [0.1, 0.15) is 8.30 Å². The van der Waals surface area contributed by atoms with Crippen LogP contribution in [0.2, 0.25) is 0 Å². The van der Waals surface area contributed by atoms with E-state index in [0.717, 1.165) is 31.3 Å². The fraction of sp³-hybridized carbons (Fsp3) is 0.0526. The van der Waals surface area contributed by atoms with Crippen LogP contribution in [-0.2, 0) is 0 Å². The van der Waals surface area contributed by atoms with Crippen molar-refractivity contribution in [1.29, 1.82) is 0 Å². The number of benzene rings is 3. The minimum Gasteiger partial charge on any atom is -0.135 e. The summed E-state index contributed by atoms with van der Waals surface area (Å²) in [4.78, 5) is 0. The molecule has 0 saturated carbocycles. The molecule has 0 atom stereocenters. The second-order valence-electron chi connectivity index (χ2n) is 4.91. The van der Waals surface area contributed by atoms with Gasteiger partial charge in [-0.25, -0.2) is 0 Å². The SMILES string of the molecule is [2H]c1cccc2sc3c(C)c(-c4ccccc4)cc([2H])c3c12. The second kappa shape index (κ2) is 4.46.